The van der Waals surface area contributed by atoms with Gasteiger partial charge in [0, 0.05) is 36.0 Å². The van der Waals surface area contributed by atoms with Crippen molar-refractivity contribution < 1.29 is 24.5 Å². The maximum atomic E-state index is 12.9. The highest BCUT2D eigenvalue weighted by Crippen LogP contribution is 2.76. The van der Waals surface area contributed by atoms with Crippen LogP contribution in [0.5, 0.6) is 0 Å². The van der Waals surface area contributed by atoms with Crippen LogP contribution in [0.3, 0.4) is 0 Å². The van der Waals surface area contributed by atoms with Crippen LogP contribution in [-0.2, 0) is 14.3 Å². The van der Waals surface area contributed by atoms with Crippen molar-refractivity contribution in [2.24, 2.45) is 56.7 Å². The number of allylic oxidation sites excluding steroid dienone is 1. The SMILES string of the molecule is CC(=O)OC[C@@]12CC[C@@]3(C)[C@H]4C(=CC[C@]3(C)[C@H]1[C@H](O)C[C@H]2C(C)C)[C@@]1(C)CCC(=O)C(C)(C)[C@H]1C[C@@H]4O. The first-order valence-corrected chi connectivity index (χ1v) is 14.8. The van der Waals surface area contributed by atoms with E-state index < -0.39 is 17.6 Å². The van der Waals surface area contributed by atoms with E-state index >= 15 is 0 Å². The van der Waals surface area contributed by atoms with Crippen LogP contribution in [0.15, 0.2) is 11.6 Å². The van der Waals surface area contributed by atoms with Gasteiger partial charge in [-0.3, -0.25) is 9.59 Å². The number of aliphatic hydroxyl groups excluding tert-OH is 2. The van der Waals surface area contributed by atoms with E-state index in [2.05, 4.69) is 54.5 Å². The molecular weight excluding hydrogens is 464 g/mol. The molecule has 0 bridgehead atoms. The molecule has 37 heavy (non-hydrogen) atoms. The number of carbonyl (C=O) groups excluding carboxylic acids is 2. The molecule has 0 aromatic carbocycles. The Labute approximate surface area is 223 Å². The number of hydrogen-bond acceptors (Lipinski definition) is 5. The first kappa shape index (κ1) is 27.4. The molecular formula is C32H50O5. The highest BCUT2D eigenvalue weighted by Gasteiger charge is 2.73. The third kappa shape index (κ3) is 3.41. The molecule has 4 saturated carbocycles. The number of ether oxygens (including phenoxy) is 1. The number of Topliss-reactive ketones (excluding diaryl/α,β-unsaturated/α-hetero) is 1. The molecule has 5 rings (SSSR count). The second-order valence-corrected chi connectivity index (χ2v) is 15.2. The smallest absolute Gasteiger partial charge is 0.302 e. The fourth-order valence-corrected chi connectivity index (χ4v) is 11.2. The molecule has 0 aromatic heterocycles. The van der Waals surface area contributed by atoms with Gasteiger partial charge < -0.3 is 14.9 Å². The van der Waals surface area contributed by atoms with Crippen molar-refractivity contribution in [3.8, 4) is 0 Å². The Hall–Kier alpha value is -1.20. The van der Waals surface area contributed by atoms with Gasteiger partial charge in [-0.05, 0) is 72.5 Å². The minimum atomic E-state index is -0.500. The summed E-state index contributed by atoms with van der Waals surface area (Å²) in [6.45, 7) is 17.6. The van der Waals surface area contributed by atoms with E-state index in [1.165, 1.54) is 12.5 Å². The first-order chi connectivity index (χ1) is 17.1. The fraction of sp³-hybridized carbons (Fsp3) is 0.875. The lowest BCUT2D eigenvalue weighted by Gasteiger charge is -2.69. The Morgan fingerprint density at radius 1 is 1.03 bits per heavy atom. The summed E-state index contributed by atoms with van der Waals surface area (Å²) in [6, 6.07) is 0. The van der Waals surface area contributed by atoms with Crippen molar-refractivity contribution in [1.29, 1.82) is 0 Å². The van der Waals surface area contributed by atoms with Crippen LogP contribution >= 0.6 is 0 Å². The predicted molar refractivity (Wildman–Crippen MR) is 143 cm³/mol. The Morgan fingerprint density at radius 2 is 1.70 bits per heavy atom. The fourth-order valence-electron chi connectivity index (χ4n) is 11.2. The van der Waals surface area contributed by atoms with Crippen LogP contribution in [0.25, 0.3) is 0 Å². The summed E-state index contributed by atoms with van der Waals surface area (Å²) in [4.78, 5) is 24.9. The van der Waals surface area contributed by atoms with Crippen LogP contribution in [-0.4, -0.2) is 40.8 Å². The molecule has 208 valence electrons. The van der Waals surface area contributed by atoms with Gasteiger partial charge in [0.15, 0.2) is 0 Å². The third-order valence-corrected chi connectivity index (χ3v) is 13.2. The van der Waals surface area contributed by atoms with E-state index in [-0.39, 0.29) is 45.4 Å². The van der Waals surface area contributed by atoms with Gasteiger partial charge >= 0.3 is 5.97 Å². The number of rotatable bonds is 3. The molecule has 2 N–H and O–H groups in total. The van der Waals surface area contributed by atoms with Crippen molar-refractivity contribution in [3.63, 3.8) is 0 Å². The van der Waals surface area contributed by atoms with E-state index in [9.17, 15) is 19.8 Å². The lowest BCUT2D eigenvalue weighted by Crippen LogP contribution is -2.66. The molecule has 0 unspecified atom stereocenters. The van der Waals surface area contributed by atoms with Gasteiger partial charge in [-0.2, -0.15) is 0 Å². The van der Waals surface area contributed by atoms with Crippen LogP contribution in [0.2, 0.25) is 0 Å². The van der Waals surface area contributed by atoms with Crippen LogP contribution in [0, 0.1) is 56.7 Å². The van der Waals surface area contributed by atoms with Crippen molar-refractivity contribution in [2.75, 3.05) is 6.61 Å². The lowest BCUT2D eigenvalue weighted by molar-refractivity contribution is -0.210. The Kier molecular flexibility index (Phi) is 6.21. The zero-order valence-corrected chi connectivity index (χ0v) is 24.4. The summed E-state index contributed by atoms with van der Waals surface area (Å²) in [5, 5.41) is 23.6. The maximum Gasteiger partial charge on any atom is 0.302 e. The van der Waals surface area contributed by atoms with E-state index in [0.717, 1.165) is 32.1 Å². The maximum absolute atomic E-state index is 12.9. The summed E-state index contributed by atoms with van der Waals surface area (Å²) in [5.74, 6) is 0.925. The molecule has 0 aliphatic heterocycles. The zero-order chi connectivity index (χ0) is 27.3. The Morgan fingerprint density at radius 3 is 2.32 bits per heavy atom. The normalized spacial score (nSPS) is 50.5. The summed E-state index contributed by atoms with van der Waals surface area (Å²) in [5.41, 5.74) is 0.188. The van der Waals surface area contributed by atoms with Gasteiger partial charge in [0.05, 0.1) is 18.8 Å². The molecule has 0 amide bonds. The van der Waals surface area contributed by atoms with Crippen LogP contribution < -0.4 is 0 Å². The topological polar surface area (TPSA) is 83.8 Å². The predicted octanol–water partition coefficient (Wildman–Crippen LogP) is 5.72. The van der Waals surface area contributed by atoms with Gasteiger partial charge in [0.2, 0.25) is 0 Å². The van der Waals surface area contributed by atoms with Gasteiger partial charge in [-0.25, -0.2) is 0 Å². The second kappa shape index (κ2) is 8.40. The average molecular weight is 515 g/mol. The summed E-state index contributed by atoms with van der Waals surface area (Å²) < 4.78 is 5.77. The number of carbonyl (C=O) groups is 2. The minimum absolute atomic E-state index is 0.00500. The highest BCUT2D eigenvalue weighted by molar-refractivity contribution is 5.85. The van der Waals surface area contributed by atoms with E-state index in [1.54, 1.807) is 0 Å². The monoisotopic (exact) mass is 514 g/mol. The number of hydrogen-bond donors (Lipinski definition) is 2. The third-order valence-electron chi connectivity index (χ3n) is 13.2. The molecule has 0 heterocycles. The molecule has 5 aliphatic carbocycles. The van der Waals surface area contributed by atoms with E-state index in [0.29, 0.717) is 37.1 Å². The molecule has 0 saturated heterocycles. The van der Waals surface area contributed by atoms with Gasteiger partial charge in [-0.15, -0.1) is 0 Å². The van der Waals surface area contributed by atoms with Crippen molar-refractivity contribution in [1.82, 2.24) is 0 Å². The molecule has 5 heteroatoms. The van der Waals surface area contributed by atoms with Crippen molar-refractivity contribution in [2.45, 2.75) is 113 Å². The van der Waals surface area contributed by atoms with E-state index in [1.807, 2.05) is 0 Å². The largest absolute Gasteiger partial charge is 0.465 e. The molecule has 0 radical (unpaired) electrons. The van der Waals surface area contributed by atoms with Crippen LogP contribution in [0.1, 0.15) is 100 Å². The Balaban J connectivity index is 1.62. The summed E-state index contributed by atoms with van der Waals surface area (Å²) in [6.07, 6.45) is 7.04. The lowest BCUT2D eigenvalue weighted by atomic mass is 9.35. The van der Waals surface area contributed by atoms with Crippen molar-refractivity contribution >= 4 is 11.8 Å². The van der Waals surface area contributed by atoms with Crippen LogP contribution in [0.4, 0.5) is 0 Å². The molecule has 5 aliphatic rings. The van der Waals surface area contributed by atoms with E-state index in [4.69, 9.17) is 4.74 Å². The molecule has 5 nitrogen and oxygen atoms in total. The summed E-state index contributed by atoms with van der Waals surface area (Å²) >= 11 is 0. The van der Waals surface area contributed by atoms with Gasteiger partial charge in [-0.1, -0.05) is 60.1 Å². The molecule has 10 atom stereocenters. The minimum Gasteiger partial charge on any atom is -0.465 e. The second-order valence-electron chi connectivity index (χ2n) is 15.2. The molecule has 4 fully saturated rings. The molecule has 0 spiro atoms. The zero-order valence-electron chi connectivity index (χ0n) is 24.4. The standard InChI is InChI=1S/C32H50O5/c1-18(2)21-15-23(35)27-31(8)12-9-20-26(30(31,7)13-14-32(21,27)17-37-19(3)33)22(34)16-24-28(4,5)25(36)10-11-29(20,24)6/h9,18,21-24,26-27,34-35H,10-17H2,1-8H3/t21-,22-,23+,24+,26-,27+,29+,30-,31+,32+/m0/s1. The van der Waals surface area contributed by atoms with Gasteiger partial charge in [0.25, 0.3) is 0 Å². The van der Waals surface area contributed by atoms with Gasteiger partial charge in [0.1, 0.15) is 5.78 Å². The number of esters is 1. The number of aliphatic hydroxyl groups is 2. The van der Waals surface area contributed by atoms with Crippen molar-refractivity contribution in [3.05, 3.63) is 11.6 Å². The average Bonchev–Trinajstić information content (AvgIpc) is 3.11. The first-order valence-electron chi connectivity index (χ1n) is 14.8. The quantitative estimate of drug-likeness (QED) is 0.372. The Bertz CT molecular complexity index is 1010. The highest BCUT2D eigenvalue weighted by atomic mass is 16.5. The number of ketones is 1. The summed E-state index contributed by atoms with van der Waals surface area (Å²) in [7, 11) is 0. The number of fused-ring (bicyclic) bond motifs is 7. The molecule has 0 aromatic rings.